The van der Waals surface area contributed by atoms with Gasteiger partial charge in [-0.2, -0.15) is 0 Å². The molecule has 3 nitrogen and oxygen atoms in total. The maximum Gasteiger partial charge on any atom is 0.00364 e. The zero-order chi connectivity index (χ0) is 13.7. The highest BCUT2D eigenvalue weighted by Gasteiger charge is 2.33. The van der Waals surface area contributed by atoms with Crippen molar-refractivity contribution in [3.8, 4) is 0 Å². The third-order valence-corrected chi connectivity index (χ3v) is 5.03. The molecule has 2 fully saturated rings. The molecule has 2 saturated heterocycles. The van der Waals surface area contributed by atoms with Gasteiger partial charge in [-0.05, 0) is 76.8 Å². The second-order valence-electron chi connectivity index (χ2n) is 7.21. The van der Waals surface area contributed by atoms with E-state index in [2.05, 4.69) is 36.0 Å². The largest absolute Gasteiger partial charge is 0.316 e. The van der Waals surface area contributed by atoms with Crippen LogP contribution in [0.5, 0.6) is 0 Å². The topological polar surface area (TPSA) is 18.5 Å². The SMILES string of the molecule is CCCNCC1CCN(CC2(C)CCN(C)CC2)C1. The van der Waals surface area contributed by atoms with Crippen molar-refractivity contribution in [2.45, 2.75) is 39.5 Å². The number of hydrogen-bond donors (Lipinski definition) is 1. The Hall–Kier alpha value is -0.120. The third kappa shape index (κ3) is 4.73. The van der Waals surface area contributed by atoms with Crippen LogP contribution in [-0.4, -0.2) is 62.7 Å². The summed E-state index contributed by atoms with van der Waals surface area (Å²) in [6.07, 6.45) is 5.40. The molecular weight excluding hydrogens is 234 g/mol. The zero-order valence-electron chi connectivity index (χ0n) is 13.2. The lowest BCUT2D eigenvalue weighted by Crippen LogP contribution is -2.43. The molecule has 19 heavy (non-hydrogen) atoms. The summed E-state index contributed by atoms with van der Waals surface area (Å²) in [4.78, 5) is 5.20. The maximum absolute atomic E-state index is 3.58. The first kappa shape index (κ1) is 15.3. The second kappa shape index (κ2) is 7.05. The highest BCUT2D eigenvalue weighted by molar-refractivity contribution is 4.87. The van der Waals surface area contributed by atoms with Crippen molar-refractivity contribution in [2.24, 2.45) is 11.3 Å². The first-order valence-electron chi connectivity index (χ1n) is 8.23. The zero-order valence-corrected chi connectivity index (χ0v) is 13.2. The van der Waals surface area contributed by atoms with Crippen molar-refractivity contribution in [3.63, 3.8) is 0 Å². The van der Waals surface area contributed by atoms with Crippen LogP contribution in [0.1, 0.15) is 39.5 Å². The summed E-state index contributed by atoms with van der Waals surface area (Å²) in [7, 11) is 2.25. The van der Waals surface area contributed by atoms with Crippen LogP contribution in [0.15, 0.2) is 0 Å². The minimum atomic E-state index is 0.568. The normalized spacial score (nSPS) is 28.9. The van der Waals surface area contributed by atoms with Crippen LogP contribution in [0, 0.1) is 11.3 Å². The van der Waals surface area contributed by atoms with Crippen LogP contribution in [0.4, 0.5) is 0 Å². The molecule has 0 spiro atoms. The average molecular weight is 267 g/mol. The maximum atomic E-state index is 3.58. The highest BCUT2D eigenvalue weighted by atomic mass is 15.2. The molecule has 2 heterocycles. The van der Waals surface area contributed by atoms with E-state index in [1.807, 2.05) is 0 Å². The van der Waals surface area contributed by atoms with Crippen molar-refractivity contribution in [3.05, 3.63) is 0 Å². The predicted molar refractivity (Wildman–Crippen MR) is 82.5 cm³/mol. The third-order valence-electron chi connectivity index (χ3n) is 5.03. The molecule has 2 aliphatic heterocycles. The van der Waals surface area contributed by atoms with Gasteiger partial charge in [-0.3, -0.25) is 0 Å². The molecule has 0 aromatic heterocycles. The molecule has 0 aliphatic carbocycles. The van der Waals surface area contributed by atoms with Gasteiger partial charge >= 0.3 is 0 Å². The molecule has 0 bridgehead atoms. The number of hydrogen-bond acceptors (Lipinski definition) is 3. The van der Waals surface area contributed by atoms with Gasteiger partial charge in [-0.15, -0.1) is 0 Å². The summed E-state index contributed by atoms with van der Waals surface area (Å²) in [5.41, 5.74) is 0.568. The van der Waals surface area contributed by atoms with Gasteiger partial charge in [0.2, 0.25) is 0 Å². The lowest BCUT2D eigenvalue weighted by atomic mass is 9.80. The molecule has 1 N–H and O–H groups in total. The van der Waals surface area contributed by atoms with Crippen molar-refractivity contribution in [1.29, 1.82) is 0 Å². The Labute approximate surface area is 119 Å². The minimum Gasteiger partial charge on any atom is -0.316 e. The van der Waals surface area contributed by atoms with E-state index in [1.165, 1.54) is 71.5 Å². The summed E-state index contributed by atoms with van der Waals surface area (Å²) in [5, 5.41) is 3.58. The van der Waals surface area contributed by atoms with E-state index in [0.29, 0.717) is 5.41 Å². The smallest absolute Gasteiger partial charge is 0.00364 e. The second-order valence-corrected chi connectivity index (χ2v) is 7.21. The summed E-state index contributed by atoms with van der Waals surface area (Å²) < 4.78 is 0. The van der Waals surface area contributed by atoms with Crippen molar-refractivity contribution in [2.75, 3.05) is 52.9 Å². The van der Waals surface area contributed by atoms with E-state index in [9.17, 15) is 0 Å². The molecule has 1 unspecified atom stereocenters. The molecule has 2 rings (SSSR count). The summed E-state index contributed by atoms with van der Waals surface area (Å²) in [6, 6.07) is 0. The van der Waals surface area contributed by atoms with Gasteiger partial charge in [0.25, 0.3) is 0 Å². The van der Waals surface area contributed by atoms with Crippen molar-refractivity contribution < 1.29 is 0 Å². The number of piperidine rings is 1. The minimum absolute atomic E-state index is 0.568. The van der Waals surface area contributed by atoms with Crippen LogP contribution < -0.4 is 5.32 Å². The molecule has 0 saturated carbocycles. The molecule has 0 aromatic rings. The lowest BCUT2D eigenvalue weighted by molar-refractivity contribution is 0.0954. The van der Waals surface area contributed by atoms with E-state index in [4.69, 9.17) is 0 Å². The van der Waals surface area contributed by atoms with Gasteiger partial charge < -0.3 is 15.1 Å². The van der Waals surface area contributed by atoms with E-state index in [1.54, 1.807) is 0 Å². The quantitative estimate of drug-likeness (QED) is 0.743. The van der Waals surface area contributed by atoms with E-state index >= 15 is 0 Å². The lowest BCUT2D eigenvalue weighted by Gasteiger charge is -2.40. The summed E-state index contributed by atoms with van der Waals surface area (Å²) in [6.45, 7) is 13.7. The van der Waals surface area contributed by atoms with Crippen LogP contribution in [0.2, 0.25) is 0 Å². The summed E-state index contributed by atoms with van der Waals surface area (Å²) >= 11 is 0. The Morgan fingerprint density at radius 1 is 1.21 bits per heavy atom. The molecule has 3 heteroatoms. The van der Waals surface area contributed by atoms with Crippen molar-refractivity contribution in [1.82, 2.24) is 15.1 Å². The molecular formula is C16H33N3. The first-order valence-corrected chi connectivity index (χ1v) is 8.23. The van der Waals surface area contributed by atoms with Gasteiger partial charge in [-0.1, -0.05) is 13.8 Å². The van der Waals surface area contributed by atoms with Crippen LogP contribution in [-0.2, 0) is 0 Å². The van der Waals surface area contributed by atoms with Gasteiger partial charge in [0.05, 0.1) is 0 Å². The van der Waals surface area contributed by atoms with Gasteiger partial charge in [0.1, 0.15) is 0 Å². The Kier molecular flexibility index (Phi) is 5.67. The van der Waals surface area contributed by atoms with E-state index < -0.39 is 0 Å². The van der Waals surface area contributed by atoms with E-state index in [-0.39, 0.29) is 0 Å². The van der Waals surface area contributed by atoms with Crippen LogP contribution in [0.3, 0.4) is 0 Å². The number of nitrogens with one attached hydrogen (secondary N) is 1. The Bertz CT molecular complexity index is 259. The fraction of sp³-hybridized carbons (Fsp3) is 1.00. The summed E-state index contributed by atoms with van der Waals surface area (Å²) in [5.74, 6) is 0.890. The molecule has 0 radical (unpaired) electrons. The molecule has 0 aromatic carbocycles. The first-order chi connectivity index (χ1) is 9.11. The van der Waals surface area contributed by atoms with Crippen molar-refractivity contribution >= 4 is 0 Å². The Morgan fingerprint density at radius 2 is 1.95 bits per heavy atom. The standard InChI is InChI=1S/C16H33N3/c1-4-8-17-12-15-5-9-19(13-15)14-16(2)6-10-18(3)11-7-16/h15,17H,4-14H2,1-3H3. The van der Waals surface area contributed by atoms with Gasteiger partial charge in [-0.25, -0.2) is 0 Å². The number of likely N-dealkylation sites (tertiary alicyclic amines) is 2. The Morgan fingerprint density at radius 3 is 2.63 bits per heavy atom. The fourth-order valence-corrected chi connectivity index (χ4v) is 3.56. The number of nitrogens with zero attached hydrogens (tertiary/aromatic N) is 2. The molecule has 0 amide bonds. The molecule has 1 atom stereocenters. The molecule has 2 aliphatic rings. The van der Waals surface area contributed by atoms with Crippen LogP contribution in [0.25, 0.3) is 0 Å². The number of rotatable bonds is 6. The monoisotopic (exact) mass is 267 g/mol. The Balaban J connectivity index is 1.69. The van der Waals surface area contributed by atoms with E-state index in [0.717, 1.165) is 5.92 Å². The van der Waals surface area contributed by atoms with Gasteiger partial charge in [0.15, 0.2) is 0 Å². The van der Waals surface area contributed by atoms with Gasteiger partial charge in [0, 0.05) is 13.1 Å². The molecule has 112 valence electrons. The predicted octanol–water partition coefficient (Wildman–Crippen LogP) is 2.04. The average Bonchev–Trinajstić information content (AvgIpc) is 2.81. The highest BCUT2D eigenvalue weighted by Crippen LogP contribution is 2.32. The van der Waals surface area contributed by atoms with Crippen LogP contribution >= 0.6 is 0 Å². The fourth-order valence-electron chi connectivity index (χ4n) is 3.56.